The highest BCUT2D eigenvalue weighted by Crippen LogP contribution is 2.11. The molecule has 70 valence electrons. The third-order valence-electron chi connectivity index (χ3n) is 2.12. The van der Waals surface area contributed by atoms with Crippen molar-refractivity contribution < 1.29 is 5.11 Å². The maximum atomic E-state index is 9.36. The molecule has 1 aliphatic heterocycles. The minimum atomic E-state index is -0.151. The molecule has 1 rings (SSSR count). The lowest BCUT2D eigenvalue weighted by atomic mass is 10.1. The fourth-order valence-corrected chi connectivity index (χ4v) is 1.62. The second-order valence-corrected chi connectivity index (χ2v) is 3.68. The van der Waals surface area contributed by atoms with Crippen LogP contribution in [0.25, 0.3) is 0 Å². The van der Waals surface area contributed by atoms with E-state index in [0.29, 0.717) is 5.88 Å². The van der Waals surface area contributed by atoms with Gasteiger partial charge in [-0.15, -0.1) is 11.6 Å². The molecule has 12 heavy (non-hydrogen) atoms. The zero-order valence-electron chi connectivity index (χ0n) is 7.30. The van der Waals surface area contributed by atoms with Gasteiger partial charge in [-0.05, 0) is 25.0 Å². The summed E-state index contributed by atoms with van der Waals surface area (Å²) in [6, 6.07) is 0. The maximum Gasteiger partial charge on any atom is 0.0667 e. The van der Waals surface area contributed by atoms with Crippen LogP contribution in [0.5, 0.6) is 0 Å². The van der Waals surface area contributed by atoms with Gasteiger partial charge in [-0.2, -0.15) is 0 Å². The summed E-state index contributed by atoms with van der Waals surface area (Å²) in [6.07, 6.45) is 1.86. The van der Waals surface area contributed by atoms with Crippen LogP contribution in [0, 0.1) is 0 Å². The molecular weight excluding hydrogens is 174 g/mol. The van der Waals surface area contributed by atoms with E-state index in [9.17, 15) is 5.11 Å². The molecule has 2 nitrogen and oxygen atoms in total. The van der Waals surface area contributed by atoms with Crippen LogP contribution in [0.3, 0.4) is 0 Å². The number of nitrogens with zero attached hydrogens (tertiary/aromatic N) is 1. The van der Waals surface area contributed by atoms with Crippen LogP contribution < -0.4 is 0 Å². The topological polar surface area (TPSA) is 23.5 Å². The normalized spacial score (nSPS) is 25.7. The summed E-state index contributed by atoms with van der Waals surface area (Å²) < 4.78 is 0. The van der Waals surface area contributed by atoms with E-state index < -0.39 is 0 Å². The molecule has 0 saturated carbocycles. The van der Waals surface area contributed by atoms with Gasteiger partial charge in [0.15, 0.2) is 0 Å². The molecule has 1 unspecified atom stereocenters. The summed E-state index contributed by atoms with van der Waals surface area (Å²) in [5, 5.41) is 9.36. The van der Waals surface area contributed by atoms with E-state index >= 15 is 0 Å². The molecule has 0 aromatic rings. The number of aliphatic hydroxyl groups is 1. The van der Waals surface area contributed by atoms with Crippen molar-refractivity contribution in [3.8, 4) is 0 Å². The van der Waals surface area contributed by atoms with E-state index in [1.807, 2.05) is 0 Å². The Bertz CT molecular complexity index is 161. The molecule has 0 amide bonds. The van der Waals surface area contributed by atoms with Crippen molar-refractivity contribution in [2.75, 3.05) is 25.5 Å². The Labute approximate surface area is 78.8 Å². The van der Waals surface area contributed by atoms with Gasteiger partial charge in [-0.3, -0.25) is 4.90 Å². The molecule has 1 fully saturated rings. The largest absolute Gasteiger partial charge is 0.392 e. The quantitative estimate of drug-likeness (QED) is 0.534. The Balaban J connectivity index is 2.27. The molecule has 1 saturated heterocycles. The standard InChI is InChI=1S/C9H16ClNO/c1-8(5-10)6-11-4-2-3-9(12)7-11/h9,12H,1-7H2. The van der Waals surface area contributed by atoms with Crippen molar-refractivity contribution >= 4 is 11.6 Å². The van der Waals surface area contributed by atoms with Gasteiger partial charge in [0, 0.05) is 19.0 Å². The van der Waals surface area contributed by atoms with E-state index in [1.54, 1.807) is 0 Å². The lowest BCUT2D eigenvalue weighted by Crippen LogP contribution is -2.39. The number of halogens is 1. The number of rotatable bonds is 3. The average Bonchev–Trinajstić information content (AvgIpc) is 2.04. The number of piperidine rings is 1. The number of hydrogen-bond donors (Lipinski definition) is 1. The molecule has 1 atom stereocenters. The minimum absolute atomic E-state index is 0.151. The highest BCUT2D eigenvalue weighted by Gasteiger charge is 2.17. The van der Waals surface area contributed by atoms with Crippen LogP contribution in [0.2, 0.25) is 0 Å². The molecule has 1 aliphatic rings. The Morgan fingerprint density at radius 2 is 2.42 bits per heavy atom. The molecule has 0 radical (unpaired) electrons. The maximum absolute atomic E-state index is 9.36. The van der Waals surface area contributed by atoms with Crippen LogP contribution in [0.1, 0.15) is 12.8 Å². The van der Waals surface area contributed by atoms with Gasteiger partial charge in [-0.1, -0.05) is 6.58 Å². The van der Waals surface area contributed by atoms with E-state index in [4.69, 9.17) is 11.6 Å². The van der Waals surface area contributed by atoms with Crippen molar-refractivity contribution in [2.45, 2.75) is 18.9 Å². The highest BCUT2D eigenvalue weighted by molar-refractivity contribution is 6.19. The first kappa shape index (κ1) is 10.0. The molecule has 0 spiro atoms. The number of likely N-dealkylation sites (tertiary alicyclic amines) is 1. The zero-order valence-corrected chi connectivity index (χ0v) is 8.06. The molecule has 3 heteroatoms. The predicted molar refractivity (Wildman–Crippen MR) is 51.5 cm³/mol. The molecule has 0 bridgehead atoms. The summed E-state index contributed by atoms with van der Waals surface area (Å²) in [7, 11) is 0. The van der Waals surface area contributed by atoms with Gasteiger partial charge in [0.25, 0.3) is 0 Å². The Morgan fingerprint density at radius 3 is 3.00 bits per heavy atom. The summed E-state index contributed by atoms with van der Waals surface area (Å²) in [5.41, 5.74) is 1.03. The molecule has 1 heterocycles. The van der Waals surface area contributed by atoms with E-state index in [2.05, 4.69) is 11.5 Å². The van der Waals surface area contributed by atoms with Crippen LogP contribution in [-0.2, 0) is 0 Å². The van der Waals surface area contributed by atoms with Gasteiger partial charge in [0.1, 0.15) is 0 Å². The van der Waals surface area contributed by atoms with Crippen LogP contribution in [0.15, 0.2) is 12.2 Å². The smallest absolute Gasteiger partial charge is 0.0667 e. The number of aliphatic hydroxyl groups excluding tert-OH is 1. The molecule has 0 aromatic carbocycles. The second kappa shape index (κ2) is 4.85. The fourth-order valence-electron chi connectivity index (χ4n) is 1.53. The first-order valence-electron chi connectivity index (χ1n) is 4.35. The van der Waals surface area contributed by atoms with Crippen molar-refractivity contribution in [2.24, 2.45) is 0 Å². The van der Waals surface area contributed by atoms with Crippen molar-refractivity contribution in [1.29, 1.82) is 0 Å². The predicted octanol–water partition coefficient (Wildman–Crippen LogP) is 1.24. The van der Waals surface area contributed by atoms with Gasteiger partial charge >= 0.3 is 0 Å². The van der Waals surface area contributed by atoms with E-state index in [-0.39, 0.29) is 6.10 Å². The molecule has 1 N–H and O–H groups in total. The molecule has 0 aliphatic carbocycles. The number of hydrogen-bond acceptors (Lipinski definition) is 2. The first-order valence-corrected chi connectivity index (χ1v) is 4.89. The molecule has 0 aromatic heterocycles. The van der Waals surface area contributed by atoms with Crippen molar-refractivity contribution in [1.82, 2.24) is 4.90 Å². The van der Waals surface area contributed by atoms with E-state index in [0.717, 1.165) is 38.0 Å². The Morgan fingerprint density at radius 1 is 1.67 bits per heavy atom. The number of alkyl halides is 1. The fraction of sp³-hybridized carbons (Fsp3) is 0.778. The monoisotopic (exact) mass is 189 g/mol. The summed E-state index contributed by atoms with van der Waals surface area (Å²) >= 11 is 5.62. The van der Waals surface area contributed by atoms with Crippen LogP contribution in [0.4, 0.5) is 0 Å². The SMILES string of the molecule is C=C(CCl)CN1CCCC(O)C1. The molecular formula is C9H16ClNO. The first-order chi connectivity index (χ1) is 5.72. The van der Waals surface area contributed by atoms with Gasteiger partial charge < -0.3 is 5.11 Å². The average molecular weight is 190 g/mol. The Kier molecular flexibility index (Phi) is 4.06. The van der Waals surface area contributed by atoms with Crippen molar-refractivity contribution in [3.05, 3.63) is 12.2 Å². The summed E-state index contributed by atoms with van der Waals surface area (Å²) in [4.78, 5) is 2.21. The third-order valence-corrected chi connectivity index (χ3v) is 2.49. The van der Waals surface area contributed by atoms with Crippen molar-refractivity contribution in [3.63, 3.8) is 0 Å². The second-order valence-electron chi connectivity index (χ2n) is 3.41. The van der Waals surface area contributed by atoms with Crippen LogP contribution >= 0.6 is 11.6 Å². The minimum Gasteiger partial charge on any atom is -0.392 e. The third kappa shape index (κ3) is 3.13. The lowest BCUT2D eigenvalue weighted by molar-refractivity contribution is 0.0758. The highest BCUT2D eigenvalue weighted by atomic mass is 35.5. The summed E-state index contributed by atoms with van der Waals surface area (Å²) in [6.45, 7) is 6.51. The van der Waals surface area contributed by atoms with E-state index in [1.165, 1.54) is 0 Å². The summed E-state index contributed by atoms with van der Waals surface area (Å²) in [5.74, 6) is 0.520. The number of β-amino-alcohol motifs (C(OH)–C–C–N with tert-alkyl or cyclic N) is 1. The Hall–Kier alpha value is -0.0500. The lowest BCUT2D eigenvalue weighted by Gasteiger charge is -2.30. The zero-order chi connectivity index (χ0) is 8.97. The van der Waals surface area contributed by atoms with Gasteiger partial charge in [-0.25, -0.2) is 0 Å². The van der Waals surface area contributed by atoms with Gasteiger partial charge in [0.2, 0.25) is 0 Å². The van der Waals surface area contributed by atoms with Crippen LogP contribution in [-0.4, -0.2) is 41.6 Å². The van der Waals surface area contributed by atoms with Gasteiger partial charge in [0.05, 0.1) is 6.10 Å².